The first-order valence-corrected chi connectivity index (χ1v) is 10.1. The molecule has 0 aliphatic rings. The van der Waals surface area contributed by atoms with Crippen LogP contribution in [0.2, 0.25) is 0 Å². The van der Waals surface area contributed by atoms with Gasteiger partial charge in [0.05, 0.1) is 16.9 Å². The number of sulfonamides is 1. The van der Waals surface area contributed by atoms with Gasteiger partial charge in [-0.1, -0.05) is 6.92 Å². The van der Waals surface area contributed by atoms with Gasteiger partial charge in [0, 0.05) is 10.6 Å². The van der Waals surface area contributed by atoms with Crippen LogP contribution in [0, 0.1) is 6.92 Å². The number of anilines is 1. The summed E-state index contributed by atoms with van der Waals surface area (Å²) in [6.07, 6.45) is 0.870. The number of hydrogen-bond acceptors (Lipinski definition) is 6. The van der Waals surface area contributed by atoms with E-state index in [1.54, 1.807) is 0 Å². The summed E-state index contributed by atoms with van der Waals surface area (Å²) in [6, 6.07) is 7.53. The largest absolute Gasteiger partial charge is 0.468 e. The predicted molar refractivity (Wildman–Crippen MR) is 100 cm³/mol. The molecule has 0 radical (unpaired) electrons. The van der Waals surface area contributed by atoms with Crippen LogP contribution in [0.25, 0.3) is 0 Å². The van der Waals surface area contributed by atoms with Gasteiger partial charge in [0.2, 0.25) is 10.0 Å². The molecular weight excluding hydrogens is 376 g/mol. The fourth-order valence-corrected chi connectivity index (χ4v) is 4.18. The second-order valence-corrected chi connectivity index (χ2v) is 8.35. The maximum absolute atomic E-state index is 12.3. The smallest absolute Gasteiger partial charge is 0.320 e. The third-order valence-corrected chi connectivity index (χ3v) is 6.42. The number of carbonyl (C=O) groups is 2. The molecule has 0 aliphatic carbocycles. The molecule has 0 saturated carbocycles. The lowest BCUT2D eigenvalue weighted by Crippen LogP contribution is -2.30. The van der Waals surface area contributed by atoms with Crippen LogP contribution in [0.3, 0.4) is 0 Å². The molecule has 1 amide bonds. The van der Waals surface area contributed by atoms with Gasteiger partial charge in [0.25, 0.3) is 5.91 Å². The van der Waals surface area contributed by atoms with E-state index in [0.29, 0.717) is 10.6 Å². The number of thiophene rings is 1. The lowest BCUT2D eigenvalue weighted by atomic mass is 10.2. The Balaban J connectivity index is 2.06. The maximum Gasteiger partial charge on any atom is 0.320 e. The molecule has 1 aromatic carbocycles. The standard InChI is InChI=1S/C17H20N2O5S2/c1-4-14-11(2)9-15(25-14)17(21)19-12-5-7-13(8-6-12)26(22,23)18-10-16(20)24-3/h5-9,18H,4,10H2,1-3H3,(H,19,21). The molecule has 2 rings (SSSR count). The summed E-state index contributed by atoms with van der Waals surface area (Å²) in [5, 5.41) is 2.74. The number of carbonyl (C=O) groups excluding carboxylic acids is 2. The van der Waals surface area contributed by atoms with Crippen molar-refractivity contribution in [1.82, 2.24) is 4.72 Å². The fourth-order valence-electron chi connectivity index (χ4n) is 2.20. The Kier molecular flexibility index (Phi) is 6.52. The minimum atomic E-state index is -3.83. The number of amides is 1. The summed E-state index contributed by atoms with van der Waals surface area (Å²) in [7, 11) is -2.66. The Labute approximate surface area is 156 Å². The average molecular weight is 396 g/mol. The van der Waals surface area contributed by atoms with Gasteiger partial charge in [0.15, 0.2) is 0 Å². The Morgan fingerprint density at radius 1 is 1.19 bits per heavy atom. The van der Waals surface area contributed by atoms with Crippen molar-refractivity contribution < 1.29 is 22.7 Å². The molecule has 0 atom stereocenters. The molecule has 9 heteroatoms. The van der Waals surface area contributed by atoms with Gasteiger partial charge in [-0.05, 0) is 49.2 Å². The summed E-state index contributed by atoms with van der Waals surface area (Å²) in [5.74, 6) is -0.924. The van der Waals surface area contributed by atoms with Crippen molar-refractivity contribution in [2.45, 2.75) is 25.2 Å². The van der Waals surface area contributed by atoms with Crippen molar-refractivity contribution in [3.63, 3.8) is 0 Å². The van der Waals surface area contributed by atoms with Gasteiger partial charge in [-0.3, -0.25) is 9.59 Å². The molecule has 1 heterocycles. The summed E-state index contributed by atoms with van der Waals surface area (Å²) in [4.78, 5) is 25.1. The first-order valence-electron chi connectivity index (χ1n) is 7.84. The number of nitrogens with one attached hydrogen (secondary N) is 2. The summed E-state index contributed by atoms with van der Waals surface area (Å²) >= 11 is 1.44. The van der Waals surface area contributed by atoms with E-state index in [1.165, 1.54) is 42.7 Å². The van der Waals surface area contributed by atoms with Crippen LogP contribution >= 0.6 is 11.3 Å². The quantitative estimate of drug-likeness (QED) is 0.700. The first-order chi connectivity index (χ1) is 12.3. The topological polar surface area (TPSA) is 102 Å². The zero-order valence-electron chi connectivity index (χ0n) is 14.7. The minimum absolute atomic E-state index is 0.0142. The van der Waals surface area contributed by atoms with Gasteiger partial charge in [0.1, 0.15) is 6.54 Å². The number of hydrogen-bond donors (Lipinski definition) is 2. The monoisotopic (exact) mass is 396 g/mol. The van der Waals surface area contributed by atoms with E-state index >= 15 is 0 Å². The van der Waals surface area contributed by atoms with Crippen molar-refractivity contribution in [3.05, 3.63) is 45.6 Å². The highest BCUT2D eigenvalue weighted by molar-refractivity contribution is 7.89. The van der Waals surface area contributed by atoms with Crippen molar-refractivity contribution in [2.24, 2.45) is 0 Å². The first kappa shape index (κ1) is 20.1. The number of benzene rings is 1. The Morgan fingerprint density at radius 3 is 2.38 bits per heavy atom. The predicted octanol–water partition coefficient (Wildman–Crippen LogP) is 2.32. The van der Waals surface area contributed by atoms with E-state index in [9.17, 15) is 18.0 Å². The van der Waals surface area contributed by atoms with Crippen LogP contribution in [-0.2, 0) is 26.0 Å². The van der Waals surface area contributed by atoms with Gasteiger partial charge in [-0.2, -0.15) is 4.72 Å². The number of esters is 1. The fraction of sp³-hybridized carbons (Fsp3) is 0.294. The van der Waals surface area contributed by atoms with Gasteiger partial charge in [-0.15, -0.1) is 11.3 Å². The number of aryl methyl sites for hydroxylation is 2. The molecule has 2 N–H and O–H groups in total. The Bertz CT molecular complexity index is 902. The highest BCUT2D eigenvalue weighted by Crippen LogP contribution is 2.23. The van der Waals surface area contributed by atoms with Crippen LogP contribution in [0.4, 0.5) is 5.69 Å². The normalized spacial score (nSPS) is 11.2. The second-order valence-electron chi connectivity index (χ2n) is 5.45. The number of methoxy groups -OCH3 is 1. The van der Waals surface area contributed by atoms with Crippen molar-refractivity contribution in [1.29, 1.82) is 0 Å². The van der Waals surface area contributed by atoms with E-state index in [0.717, 1.165) is 16.9 Å². The molecule has 0 spiro atoms. The van der Waals surface area contributed by atoms with E-state index in [2.05, 4.69) is 14.8 Å². The van der Waals surface area contributed by atoms with Crippen LogP contribution in [0.15, 0.2) is 35.2 Å². The molecule has 0 unspecified atom stereocenters. The van der Waals surface area contributed by atoms with E-state index in [-0.39, 0.29) is 10.8 Å². The molecule has 140 valence electrons. The van der Waals surface area contributed by atoms with Crippen molar-refractivity contribution in [3.8, 4) is 0 Å². The van der Waals surface area contributed by atoms with Gasteiger partial charge in [-0.25, -0.2) is 8.42 Å². The van der Waals surface area contributed by atoms with Crippen LogP contribution in [0.1, 0.15) is 27.0 Å². The highest BCUT2D eigenvalue weighted by atomic mass is 32.2. The Hall–Kier alpha value is -2.23. The summed E-state index contributed by atoms with van der Waals surface area (Å²) in [5.41, 5.74) is 1.56. The molecule has 0 bridgehead atoms. The van der Waals surface area contributed by atoms with Gasteiger partial charge < -0.3 is 10.1 Å². The minimum Gasteiger partial charge on any atom is -0.468 e. The van der Waals surface area contributed by atoms with Crippen LogP contribution < -0.4 is 10.0 Å². The molecule has 0 saturated heterocycles. The van der Waals surface area contributed by atoms with E-state index < -0.39 is 22.5 Å². The zero-order chi connectivity index (χ0) is 19.3. The van der Waals surface area contributed by atoms with E-state index in [4.69, 9.17) is 0 Å². The molecule has 1 aromatic heterocycles. The zero-order valence-corrected chi connectivity index (χ0v) is 16.3. The third kappa shape index (κ3) is 4.90. The number of ether oxygens (including phenoxy) is 1. The maximum atomic E-state index is 12.3. The lowest BCUT2D eigenvalue weighted by Gasteiger charge is -2.07. The van der Waals surface area contributed by atoms with E-state index in [1.807, 2.05) is 19.9 Å². The molecule has 0 aliphatic heterocycles. The molecule has 0 fully saturated rings. The summed E-state index contributed by atoms with van der Waals surface area (Å²) in [6.45, 7) is 3.55. The molecule has 2 aromatic rings. The van der Waals surface area contributed by atoms with Crippen molar-refractivity contribution >= 4 is 38.9 Å². The SMILES string of the molecule is CCc1sc(C(=O)Nc2ccc(S(=O)(=O)NCC(=O)OC)cc2)cc1C. The lowest BCUT2D eigenvalue weighted by molar-refractivity contribution is -0.139. The van der Waals surface area contributed by atoms with Crippen LogP contribution in [-0.4, -0.2) is 33.9 Å². The molecule has 7 nitrogen and oxygen atoms in total. The van der Waals surface area contributed by atoms with Crippen molar-refractivity contribution in [2.75, 3.05) is 19.0 Å². The molecular formula is C17H20N2O5S2. The highest BCUT2D eigenvalue weighted by Gasteiger charge is 2.16. The number of rotatable bonds is 7. The third-order valence-electron chi connectivity index (χ3n) is 3.62. The van der Waals surface area contributed by atoms with Gasteiger partial charge >= 0.3 is 5.97 Å². The average Bonchev–Trinajstić information content (AvgIpc) is 3.01. The Morgan fingerprint density at radius 2 is 1.85 bits per heavy atom. The second kappa shape index (κ2) is 8.43. The summed E-state index contributed by atoms with van der Waals surface area (Å²) < 4.78 is 30.7. The molecule has 26 heavy (non-hydrogen) atoms. The van der Waals surface area contributed by atoms with Crippen LogP contribution in [0.5, 0.6) is 0 Å².